The van der Waals surface area contributed by atoms with Crippen molar-refractivity contribution in [3.8, 4) is 0 Å². The van der Waals surface area contributed by atoms with Crippen LogP contribution in [0.1, 0.15) is 6.92 Å². The number of anilines is 1. The highest BCUT2D eigenvalue weighted by atomic mass is 79.9. The van der Waals surface area contributed by atoms with Gasteiger partial charge >= 0.3 is 0 Å². The van der Waals surface area contributed by atoms with Crippen LogP contribution in [0.25, 0.3) is 0 Å². The molecule has 0 saturated carbocycles. The monoisotopic (exact) mass is 283 g/mol. The van der Waals surface area contributed by atoms with Gasteiger partial charge in [-0.05, 0) is 25.1 Å². The highest BCUT2D eigenvalue weighted by Gasteiger charge is 2.09. The lowest BCUT2D eigenvalue weighted by Crippen LogP contribution is -2.33. The van der Waals surface area contributed by atoms with Crippen LogP contribution in [-0.2, 0) is 0 Å². The van der Waals surface area contributed by atoms with E-state index in [1.807, 2.05) is 31.2 Å². The average Bonchev–Trinajstić information content (AvgIpc) is 2.17. The molecule has 0 heterocycles. The molecule has 0 atom stereocenters. The third-order valence-electron chi connectivity index (χ3n) is 1.93. The smallest absolute Gasteiger partial charge is 0.225 e. The van der Waals surface area contributed by atoms with Crippen LogP contribution in [0, 0.1) is 5.41 Å². The van der Waals surface area contributed by atoms with Crippen molar-refractivity contribution in [3.63, 3.8) is 0 Å². The summed E-state index contributed by atoms with van der Waals surface area (Å²) in [5, 5.41) is 7.75. The minimum Gasteiger partial charge on any atom is -0.370 e. The highest BCUT2D eigenvalue weighted by molar-refractivity contribution is 9.10. The Kier molecular flexibility index (Phi) is 4.30. The van der Waals surface area contributed by atoms with Crippen molar-refractivity contribution < 1.29 is 0 Å². The van der Waals surface area contributed by atoms with E-state index in [1.54, 1.807) is 4.90 Å². The van der Waals surface area contributed by atoms with E-state index >= 15 is 0 Å². The van der Waals surface area contributed by atoms with Gasteiger partial charge in [0.25, 0.3) is 0 Å². The molecule has 0 aliphatic heterocycles. The fraction of sp³-hybridized carbons (Fsp3) is 0.200. The number of rotatable bonds is 2. The molecule has 1 rings (SSSR count). The Labute approximate surface area is 103 Å². The fourth-order valence-electron chi connectivity index (χ4n) is 1.28. The summed E-state index contributed by atoms with van der Waals surface area (Å²) in [6.45, 7) is 2.55. The first-order valence-corrected chi connectivity index (χ1v) is 5.55. The number of nitrogens with two attached hydrogens (primary N) is 2. The molecule has 0 unspecified atom stereocenters. The summed E-state index contributed by atoms with van der Waals surface area (Å²) in [6.07, 6.45) is 0. The summed E-state index contributed by atoms with van der Waals surface area (Å²) in [7, 11) is 0. The Balaban J connectivity index is 2.99. The number of benzene rings is 1. The summed E-state index contributed by atoms with van der Waals surface area (Å²) in [5.74, 6) is -0.0842. The van der Waals surface area contributed by atoms with Gasteiger partial charge in [0, 0.05) is 16.7 Å². The second kappa shape index (κ2) is 5.50. The largest absolute Gasteiger partial charge is 0.370 e. The Bertz CT molecular complexity index is 411. The van der Waals surface area contributed by atoms with Gasteiger partial charge in [-0.15, -0.1) is 0 Å². The van der Waals surface area contributed by atoms with Crippen LogP contribution in [0.2, 0.25) is 0 Å². The lowest BCUT2D eigenvalue weighted by Gasteiger charge is -2.20. The van der Waals surface area contributed by atoms with Gasteiger partial charge in [-0.3, -0.25) is 5.41 Å². The zero-order valence-electron chi connectivity index (χ0n) is 8.94. The van der Waals surface area contributed by atoms with Gasteiger partial charge < -0.3 is 16.4 Å². The topological polar surface area (TPSA) is 91.5 Å². The molecule has 0 spiro atoms. The molecule has 0 fully saturated rings. The number of nitrogens with one attached hydrogen (secondary N) is 1. The Morgan fingerprint density at radius 3 is 2.69 bits per heavy atom. The van der Waals surface area contributed by atoms with Gasteiger partial charge in [0.15, 0.2) is 5.96 Å². The maximum absolute atomic E-state index is 7.75. The third kappa shape index (κ3) is 3.23. The summed E-state index contributed by atoms with van der Waals surface area (Å²) in [6, 6.07) is 7.61. The van der Waals surface area contributed by atoms with Gasteiger partial charge in [0.05, 0.1) is 0 Å². The van der Waals surface area contributed by atoms with E-state index in [2.05, 4.69) is 20.9 Å². The molecular formula is C10H14BrN5. The summed E-state index contributed by atoms with van der Waals surface area (Å²) in [5.41, 5.74) is 11.4. The van der Waals surface area contributed by atoms with Crippen LogP contribution in [0.3, 0.4) is 0 Å². The van der Waals surface area contributed by atoms with Crippen LogP contribution in [0.4, 0.5) is 5.69 Å². The molecule has 0 saturated heterocycles. The Morgan fingerprint density at radius 2 is 2.19 bits per heavy atom. The molecule has 5 nitrogen and oxygen atoms in total. The molecule has 5 N–H and O–H groups in total. The molecule has 0 amide bonds. The predicted octanol–water partition coefficient (Wildman–Crippen LogP) is 1.48. The number of nitrogens with zero attached hydrogens (tertiary/aromatic N) is 2. The predicted molar refractivity (Wildman–Crippen MR) is 70.7 cm³/mol. The molecule has 6 heteroatoms. The lowest BCUT2D eigenvalue weighted by atomic mass is 10.3. The molecule has 0 aliphatic rings. The normalized spacial score (nSPS) is 9.62. The Morgan fingerprint density at radius 1 is 1.50 bits per heavy atom. The molecule has 0 radical (unpaired) electrons. The summed E-state index contributed by atoms with van der Waals surface area (Å²) < 4.78 is 0.945. The maximum atomic E-state index is 7.75. The van der Waals surface area contributed by atoms with Crippen molar-refractivity contribution in [1.82, 2.24) is 0 Å². The van der Waals surface area contributed by atoms with Crippen molar-refractivity contribution in [1.29, 1.82) is 5.41 Å². The van der Waals surface area contributed by atoms with Crippen molar-refractivity contribution in [3.05, 3.63) is 28.7 Å². The van der Waals surface area contributed by atoms with E-state index in [1.165, 1.54) is 0 Å². The Hall–Kier alpha value is -1.56. The van der Waals surface area contributed by atoms with E-state index < -0.39 is 0 Å². The zero-order valence-corrected chi connectivity index (χ0v) is 10.5. The van der Waals surface area contributed by atoms with E-state index in [-0.39, 0.29) is 11.9 Å². The third-order valence-corrected chi connectivity index (χ3v) is 2.42. The van der Waals surface area contributed by atoms with Gasteiger partial charge in [0.1, 0.15) is 0 Å². The number of guanidine groups is 2. The van der Waals surface area contributed by atoms with Crippen LogP contribution < -0.4 is 16.4 Å². The highest BCUT2D eigenvalue weighted by Crippen LogP contribution is 2.20. The van der Waals surface area contributed by atoms with Crippen LogP contribution >= 0.6 is 15.9 Å². The molecule has 86 valence electrons. The first-order chi connectivity index (χ1) is 7.54. The zero-order chi connectivity index (χ0) is 12.1. The van der Waals surface area contributed by atoms with Gasteiger partial charge in [-0.2, -0.15) is 4.99 Å². The average molecular weight is 284 g/mol. The molecule has 16 heavy (non-hydrogen) atoms. The number of hydrogen-bond acceptors (Lipinski definition) is 1. The first-order valence-electron chi connectivity index (χ1n) is 4.76. The van der Waals surface area contributed by atoms with Crippen molar-refractivity contribution >= 4 is 33.5 Å². The lowest BCUT2D eigenvalue weighted by molar-refractivity contribution is 1.03. The second-order valence-electron chi connectivity index (χ2n) is 3.08. The van der Waals surface area contributed by atoms with Crippen LogP contribution in [0.5, 0.6) is 0 Å². The molecule has 0 bridgehead atoms. The minimum atomic E-state index is -0.113. The maximum Gasteiger partial charge on any atom is 0.225 e. The SMILES string of the molecule is CCN(C(=N)N=C(N)N)c1cccc(Br)c1. The number of aliphatic imine (C=N–C) groups is 1. The molecule has 0 aliphatic carbocycles. The van der Waals surface area contributed by atoms with Crippen LogP contribution in [0.15, 0.2) is 33.7 Å². The molecule has 1 aromatic rings. The van der Waals surface area contributed by atoms with Gasteiger partial charge in [0.2, 0.25) is 5.96 Å². The van der Waals surface area contributed by atoms with E-state index in [4.69, 9.17) is 16.9 Å². The van der Waals surface area contributed by atoms with Crippen molar-refractivity contribution in [2.45, 2.75) is 6.92 Å². The fourth-order valence-corrected chi connectivity index (χ4v) is 1.67. The number of halogens is 1. The van der Waals surface area contributed by atoms with Crippen LogP contribution in [-0.4, -0.2) is 18.5 Å². The quantitative estimate of drug-likeness (QED) is 0.567. The van der Waals surface area contributed by atoms with Gasteiger partial charge in [-0.1, -0.05) is 22.0 Å². The summed E-state index contributed by atoms with van der Waals surface area (Å²) in [4.78, 5) is 5.42. The van der Waals surface area contributed by atoms with Crippen molar-refractivity contribution in [2.75, 3.05) is 11.4 Å². The molecule has 0 aromatic heterocycles. The standard InChI is InChI=1S/C10H14BrN5/c1-2-16(10(14)15-9(12)13)8-5-3-4-7(11)6-8/h3-6H,2H2,1H3,(H5,12,13,14,15). The second-order valence-corrected chi connectivity index (χ2v) is 4.00. The summed E-state index contributed by atoms with van der Waals surface area (Å²) >= 11 is 3.38. The first kappa shape index (κ1) is 12.5. The van der Waals surface area contributed by atoms with E-state index in [9.17, 15) is 0 Å². The molecular weight excluding hydrogens is 270 g/mol. The van der Waals surface area contributed by atoms with Crippen molar-refractivity contribution in [2.24, 2.45) is 16.5 Å². The minimum absolute atomic E-state index is 0.0283. The number of hydrogen-bond donors (Lipinski definition) is 3. The van der Waals surface area contributed by atoms with E-state index in [0.29, 0.717) is 6.54 Å². The van der Waals surface area contributed by atoms with E-state index in [0.717, 1.165) is 10.2 Å². The molecule has 1 aromatic carbocycles. The van der Waals surface area contributed by atoms with Gasteiger partial charge in [-0.25, -0.2) is 0 Å².